The Labute approximate surface area is 139 Å². The minimum absolute atomic E-state index is 0.0542. The molecule has 0 saturated heterocycles. The van der Waals surface area contributed by atoms with Crippen molar-refractivity contribution in [3.63, 3.8) is 0 Å². The number of methoxy groups -OCH3 is 1. The van der Waals surface area contributed by atoms with Gasteiger partial charge in [-0.05, 0) is 11.6 Å². The second-order valence-corrected chi connectivity index (χ2v) is 5.50. The molecule has 0 aliphatic carbocycles. The molecular weight excluding hydrogens is 306 g/mol. The Balaban J connectivity index is 1.63. The van der Waals surface area contributed by atoms with Crippen molar-refractivity contribution in [3.05, 3.63) is 53.9 Å². The Morgan fingerprint density at radius 1 is 1.17 bits per heavy atom. The van der Waals surface area contributed by atoms with Crippen LogP contribution in [0.25, 0.3) is 5.65 Å². The second kappa shape index (κ2) is 7.08. The molecular formula is C17H19N5O2. The largest absolute Gasteiger partial charge is 0.480 e. The lowest BCUT2D eigenvalue weighted by Crippen LogP contribution is -2.26. The normalized spacial score (nSPS) is 10.8. The molecule has 0 bridgehead atoms. The molecule has 0 spiro atoms. The minimum Gasteiger partial charge on any atom is -0.480 e. The highest BCUT2D eigenvalue weighted by atomic mass is 16.5. The van der Waals surface area contributed by atoms with Gasteiger partial charge in [0.2, 0.25) is 11.8 Å². The Hall–Kier alpha value is -2.96. The maximum absolute atomic E-state index is 12.3. The molecule has 0 aliphatic heterocycles. The van der Waals surface area contributed by atoms with E-state index >= 15 is 0 Å². The van der Waals surface area contributed by atoms with Crippen molar-refractivity contribution in [2.45, 2.75) is 19.4 Å². The number of nitrogens with zero attached hydrogens (tertiary/aromatic N) is 5. The van der Waals surface area contributed by atoms with Gasteiger partial charge >= 0.3 is 0 Å². The van der Waals surface area contributed by atoms with Gasteiger partial charge in [0.15, 0.2) is 11.5 Å². The van der Waals surface area contributed by atoms with Crippen molar-refractivity contribution < 1.29 is 9.53 Å². The van der Waals surface area contributed by atoms with E-state index in [1.165, 1.54) is 0 Å². The second-order valence-electron chi connectivity index (χ2n) is 5.50. The zero-order chi connectivity index (χ0) is 16.9. The van der Waals surface area contributed by atoms with E-state index in [-0.39, 0.29) is 5.91 Å². The van der Waals surface area contributed by atoms with Crippen LogP contribution >= 0.6 is 0 Å². The quantitative estimate of drug-likeness (QED) is 0.690. The zero-order valence-corrected chi connectivity index (χ0v) is 13.7. The molecule has 0 N–H and O–H groups in total. The van der Waals surface area contributed by atoms with Crippen LogP contribution < -0.4 is 4.74 Å². The molecule has 3 rings (SSSR count). The molecule has 0 atom stereocenters. The van der Waals surface area contributed by atoms with E-state index in [9.17, 15) is 4.79 Å². The topological polar surface area (TPSA) is 72.6 Å². The third kappa shape index (κ3) is 3.51. The number of hydrogen-bond donors (Lipinski definition) is 0. The van der Waals surface area contributed by atoms with Crippen LogP contribution in [0.2, 0.25) is 0 Å². The predicted molar refractivity (Wildman–Crippen MR) is 88.6 cm³/mol. The summed E-state index contributed by atoms with van der Waals surface area (Å²) < 4.78 is 6.73. The summed E-state index contributed by atoms with van der Waals surface area (Å²) >= 11 is 0. The van der Waals surface area contributed by atoms with Gasteiger partial charge in [0.1, 0.15) is 0 Å². The molecule has 0 aliphatic rings. The van der Waals surface area contributed by atoms with Crippen molar-refractivity contribution >= 4 is 11.6 Å². The van der Waals surface area contributed by atoms with Crippen LogP contribution in [-0.2, 0) is 17.8 Å². The lowest BCUT2D eigenvalue weighted by atomic mass is 10.2. The van der Waals surface area contributed by atoms with Gasteiger partial charge in [0.25, 0.3) is 0 Å². The molecule has 1 aromatic carbocycles. The van der Waals surface area contributed by atoms with E-state index in [4.69, 9.17) is 4.74 Å². The molecule has 7 nitrogen and oxygen atoms in total. The maximum Gasteiger partial charge on any atom is 0.231 e. The number of fused-ring (bicyclic) bond motifs is 1. The standard InChI is InChI=1S/C17H19N5O2/c1-21(12-13-6-4-3-5-7-13)17(23)11-9-15-19-18-14-8-10-16(24-2)20-22(14)15/h3-8,10H,9,11-12H2,1-2H3. The van der Waals surface area contributed by atoms with E-state index in [1.807, 2.05) is 30.3 Å². The van der Waals surface area contributed by atoms with Crippen LogP contribution in [0.3, 0.4) is 0 Å². The predicted octanol–water partition coefficient (Wildman–Crippen LogP) is 1.72. The fourth-order valence-electron chi connectivity index (χ4n) is 2.44. The first-order valence-electron chi connectivity index (χ1n) is 7.70. The summed E-state index contributed by atoms with van der Waals surface area (Å²) in [6, 6.07) is 13.4. The number of rotatable bonds is 6. The van der Waals surface area contributed by atoms with Gasteiger partial charge in [-0.2, -0.15) is 4.52 Å². The summed E-state index contributed by atoms with van der Waals surface area (Å²) in [7, 11) is 3.36. The first-order chi connectivity index (χ1) is 11.7. The summed E-state index contributed by atoms with van der Waals surface area (Å²) in [5.74, 6) is 1.18. The number of aryl methyl sites for hydroxylation is 1. The van der Waals surface area contributed by atoms with E-state index in [0.29, 0.717) is 36.7 Å². The highest BCUT2D eigenvalue weighted by Crippen LogP contribution is 2.11. The molecule has 2 aromatic heterocycles. The number of carbonyl (C=O) groups excluding carboxylic acids is 1. The van der Waals surface area contributed by atoms with E-state index in [1.54, 1.807) is 35.7 Å². The number of amides is 1. The van der Waals surface area contributed by atoms with Gasteiger partial charge < -0.3 is 9.64 Å². The summed E-state index contributed by atoms with van der Waals surface area (Å²) in [6.45, 7) is 0.590. The molecule has 7 heteroatoms. The summed E-state index contributed by atoms with van der Waals surface area (Å²) in [5.41, 5.74) is 1.74. The fraction of sp³-hybridized carbons (Fsp3) is 0.294. The van der Waals surface area contributed by atoms with Crippen LogP contribution in [0, 0.1) is 0 Å². The van der Waals surface area contributed by atoms with Gasteiger partial charge in [-0.1, -0.05) is 30.3 Å². The third-order valence-electron chi connectivity index (χ3n) is 3.76. The van der Waals surface area contributed by atoms with E-state index in [2.05, 4.69) is 15.3 Å². The Morgan fingerprint density at radius 3 is 2.71 bits per heavy atom. The van der Waals surface area contributed by atoms with Gasteiger partial charge in [0, 0.05) is 32.5 Å². The van der Waals surface area contributed by atoms with Crippen LogP contribution in [0.15, 0.2) is 42.5 Å². The van der Waals surface area contributed by atoms with Crippen LogP contribution in [-0.4, -0.2) is 44.8 Å². The monoisotopic (exact) mass is 325 g/mol. The van der Waals surface area contributed by atoms with Crippen LogP contribution in [0.5, 0.6) is 5.88 Å². The maximum atomic E-state index is 12.3. The molecule has 2 heterocycles. The molecule has 3 aromatic rings. The first kappa shape index (κ1) is 15.9. The van der Waals surface area contributed by atoms with Crippen molar-refractivity contribution in [3.8, 4) is 5.88 Å². The fourth-order valence-corrected chi connectivity index (χ4v) is 2.44. The van der Waals surface area contributed by atoms with Crippen molar-refractivity contribution in [1.82, 2.24) is 24.7 Å². The van der Waals surface area contributed by atoms with Gasteiger partial charge in [-0.15, -0.1) is 15.3 Å². The number of carbonyl (C=O) groups is 1. The summed E-state index contributed by atoms with van der Waals surface area (Å²) in [4.78, 5) is 14.0. The number of ether oxygens (including phenoxy) is 1. The average molecular weight is 325 g/mol. The Morgan fingerprint density at radius 2 is 1.96 bits per heavy atom. The summed E-state index contributed by atoms with van der Waals surface area (Å²) in [6.07, 6.45) is 0.822. The number of benzene rings is 1. The molecule has 0 saturated carbocycles. The van der Waals surface area contributed by atoms with Crippen molar-refractivity contribution in [1.29, 1.82) is 0 Å². The smallest absolute Gasteiger partial charge is 0.231 e. The molecule has 0 fully saturated rings. The average Bonchev–Trinajstić information content (AvgIpc) is 3.02. The molecule has 0 unspecified atom stereocenters. The van der Waals surface area contributed by atoms with Gasteiger partial charge in [-0.25, -0.2) is 0 Å². The lowest BCUT2D eigenvalue weighted by molar-refractivity contribution is -0.130. The van der Waals surface area contributed by atoms with Gasteiger partial charge in [-0.3, -0.25) is 4.79 Å². The highest BCUT2D eigenvalue weighted by molar-refractivity contribution is 5.76. The SMILES string of the molecule is COc1ccc2nnc(CCC(=O)N(C)Cc3ccccc3)n2n1. The Kier molecular flexibility index (Phi) is 4.69. The number of hydrogen-bond acceptors (Lipinski definition) is 5. The molecule has 124 valence electrons. The van der Waals surface area contributed by atoms with E-state index < -0.39 is 0 Å². The number of aromatic nitrogens is 4. The van der Waals surface area contributed by atoms with E-state index in [0.717, 1.165) is 5.56 Å². The highest BCUT2D eigenvalue weighted by Gasteiger charge is 2.13. The first-order valence-corrected chi connectivity index (χ1v) is 7.70. The van der Waals surface area contributed by atoms with Crippen LogP contribution in [0.1, 0.15) is 17.8 Å². The Bertz CT molecular complexity index is 831. The lowest BCUT2D eigenvalue weighted by Gasteiger charge is -2.17. The third-order valence-corrected chi connectivity index (χ3v) is 3.76. The molecule has 1 amide bonds. The van der Waals surface area contributed by atoms with Gasteiger partial charge in [0.05, 0.1) is 7.11 Å². The summed E-state index contributed by atoms with van der Waals surface area (Å²) in [5, 5.41) is 12.5. The molecule has 0 radical (unpaired) electrons. The zero-order valence-electron chi connectivity index (χ0n) is 13.7. The van der Waals surface area contributed by atoms with Crippen molar-refractivity contribution in [2.75, 3.05) is 14.2 Å². The minimum atomic E-state index is 0.0542. The molecule has 24 heavy (non-hydrogen) atoms. The van der Waals surface area contributed by atoms with Crippen LogP contribution in [0.4, 0.5) is 0 Å². The van der Waals surface area contributed by atoms with Crippen molar-refractivity contribution in [2.24, 2.45) is 0 Å².